The van der Waals surface area contributed by atoms with Gasteiger partial charge in [-0.3, -0.25) is 4.98 Å². The maximum atomic E-state index is 6.24. The second kappa shape index (κ2) is 8.88. The van der Waals surface area contributed by atoms with E-state index in [9.17, 15) is 0 Å². The van der Waals surface area contributed by atoms with Crippen LogP contribution in [0.4, 0.5) is 0 Å². The summed E-state index contributed by atoms with van der Waals surface area (Å²) < 4.78 is 6.24. The summed E-state index contributed by atoms with van der Waals surface area (Å²) in [4.78, 5) is 13.3. The number of aliphatic imine (C=N–C) groups is 1. The first kappa shape index (κ1) is 23.9. The molecule has 5 nitrogen and oxygen atoms in total. The maximum Gasteiger partial charge on any atom is 0.271 e. The summed E-state index contributed by atoms with van der Waals surface area (Å²) in [6.45, 7) is 23.6. The van der Waals surface area contributed by atoms with Crippen molar-refractivity contribution in [3.8, 4) is 0 Å². The summed E-state index contributed by atoms with van der Waals surface area (Å²) in [5, 5.41) is 3.44. The van der Waals surface area contributed by atoms with Gasteiger partial charge in [0.05, 0.1) is 6.54 Å². The first-order valence-corrected chi connectivity index (χ1v) is 16.7. The molecule has 0 fully saturated rings. The highest BCUT2D eigenvalue weighted by Crippen LogP contribution is 2.23. The van der Waals surface area contributed by atoms with E-state index >= 15 is 0 Å². The van der Waals surface area contributed by atoms with E-state index in [1.165, 1.54) is 0 Å². The van der Waals surface area contributed by atoms with Crippen molar-refractivity contribution < 1.29 is 4.43 Å². The van der Waals surface area contributed by atoms with Crippen LogP contribution in [0, 0.1) is 0 Å². The molecule has 0 aliphatic rings. The van der Waals surface area contributed by atoms with Crippen LogP contribution in [0.15, 0.2) is 29.4 Å². The molecule has 1 aromatic heterocycles. The average molecular weight is 409 g/mol. The van der Waals surface area contributed by atoms with Crippen molar-refractivity contribution in [2.75, 3.05) is 13.1 Å². The van der Waals surface area contributed by atoms with Crippen molar-refractivity contribution in [3.05, 3.63) is 30.1 Å². The Labute approximate surface area is 168 Å². The molecule has 0 spiro atoms. The van der Waals surface area contributed by atoms with Gasteiger partial charge in [0.2, 0.25) is 8.32 Å². The molecule has 1 rings (SSSR count). The van der Waals surface area contributed by atoms with Gasteiger partial charge in [0, 0.05) is 29.4 Å². The molecule has 1 aromatic rings. The Bertz CT molecular complexity index is 598. The number of pyridine rings is 1. The van der Waals surface area contributed by atoms with Crippen molar-refractivity contribution in [1.29, 1.82) is 0 Å². The number of hydrogen-bond donors (Lipinski definition) is 2. The number of aromatic nitrogens is 1. The van der Waals surface area contributed by atoms with Crippen LogP contribution in [0.2, 0.25) is 39.3 Å². The fraction of sp³-hybridized carbons (Fsp3) is 0.700. The second-order valence-corrected chi connectivity index (χ2v) is 19.9. The van der Waals surface area contributed by atoms with Gasteiger partial charge in [0.1, 0.15) is 8.24 Å². The first-order chi connectivity index (χ1) is 12.1. The first-order valence-electron chi connectivity index (χ1n) is 9.78. The molecular formula is C20H40N4OSi2. The van der Waals surface area contributed by atoms with Crippen molar-refractivity contribution in [1.82, 2.24) is 15.3 Å². The van der Waals surface area contributed by atoms with E-state index in [1.54, 1.807) is 0 Å². The molecule has 1 unspecified atom stereocenters. The number of nitrogens with zero attached hydrogens (tertiary/aromatic N) is 2. The van der Waals surface area contributed by atoms with E-state index in [4.69, 9.17) is 9.42 Å². The molecule has 0 aromatic carbocycles. The number of rotatable bonds is 7. The molecular weight excluding hydrogens is 368 g/mol. The molecule has 0 aliphatic carbocycles. The average Bonchev–Trinajstić information content (AvgIpc) is 2.48. The van der Waals surface area contributed by atoms with E-state index in [1.807, 2.05) is 18.3 Å². The van der Waals surface area contributed by atoms with Crippen molar-refractivity contribution >= 4 is 22.6 Å². The van der Waals surface area contributed by atoms with E-state index < -0.39 is 16.6 Å². The minimum Gasteiger partial charge on any atom is -0.520 e. The molecule has 0 radical (unpaired) electrons. The quantitative estimate of drug-likeness (QED) is 0.400. The van der Waals surface area contributed by atoms with Gasteiger partial charge in [0.25, 0.3) is 6.02 Å². The van der Waals surface area contributed by atoms with Crippen LogP contribution in [-0.4, -0.2) is 46.2 Å². The van der Waals surface area contributed by atoms with Crippen LogP contribution in [0.1, 0.15) is 33.4 Å². The van der Waals surface area contributed by atoms with E-state index in [2.05, 4.69) is 88.3 Å². The highest BCUT2D eigenvalue weighted by atomic mass is 28.4. The van der Waals surface area contributed by atoms with E-state index in [0.29, 0.717) is 12.6 Å². The molecule has 2 N–H and O–H groups in total. The fourth-order valence-corrected chi connectivity index (χ4v) is 3.98. The van der Waals surface area contributed by atoms with Crippen LogP contribution in [0.3, 0.4) is 0 Å². The lowest BCUT2D eigenvalue weighted by molar-refractivity contribution is 0.417. The van der Waals surface area contributed by atoms with E-state index in [-0.39, 0.29) is 11.0 Å². The van der Waals surface area contributed by atoms with Crippen LogP contribution >= 0.6 is 0 Å². The molecule has 0 saturated heterocycles. The highest BCUT2D eigenvalue weighted by molar-refractivity contribution is 6.73. The fourth-order valence-electron chi connectivity index (χ4n) is 2.36. The molecule has 0 bridgehead atoms. The lowest BCUT2D eigenvalue weighted by atomic mass is 9.86. The number of nitrogens with one attached hydrogen (secondary N) is 2. The lowest BCUT2D eigenvalue weighted by Gasteiger charge is -2.33. The Morgan fingerprint density at radius 2 is 1.70 bits per heavy atom. The van der Waals surface area contributed by atoms with Gasteiger partial charge >= 0.3 is 0 Å². The van der Waals surface area contributed by atoms with Crippen molar-refractivity contribution in [3.63, 3.8) is 0 Å². The second-order valence-electron chi connectivity index (χ2n) is 10.6. The summed E-state index contributed by atoms with van der Waals surface area (Å²) >= 11 is 0. The lowest BCUT2D eigenvalue weighted by Crippen LogP contribution is -2.50. The van der Waals surface area contributed by atoms with Gasteiger partial charge < -0.3 is 14.7 Å². The summed E-state index contributed by atoms with van der Waals surface area (Å²) in [5.74, 6) is 0. The summed E-state index contributed by atoms with van der Waals surface area (Å²) in [6, 6.07) is 6.75. The molecule has 7 heteroatoms. The smallest absolute Gasteiger partial charge is 0.271 e. The standard InChI is InChI=1S/C20H40N4OSi2/c1-19(2,3)24-18(25-27(8,9)10)22-15-20(4,16-23-26(5,6)7)17-13-11-12-14-21-17/h11-14,23H,15-16H2,1-10H3,(H,22,24). The largest absolute Gasteiger partial charge is 0.520 e. The summed E-state index contributed by atoms with van der Waals surface area (Å²) in [7, 11) is -3.16. The maximum absolute atomic E-state index is 6.24. The topological polar surface area (TPSA) is 58.5 Å². The van der Waals surface area contributed by atoms with Gasteiger partial charge in [-0.05, 0) is 52.5 Å². The zero-order chi connectivity index (χ0) is 20.9. The van der Waals surface area contributed by atoms with Gasteiger partial charge in [0.15, 0.2) is 0 Å². The minimum absolute atomic E-state index is 0.101. The van der Waals surface area contributed by atoms with Gasteiger partial charge in [-0.15, -0.1) is 0 Å². The third-order valence-electron chi connectivity index (χ3n) is 3.75. The monoisotopic (exact) mass is 408 g/mol. The third-order valence-corrected chi connectivity index (χ3v) is 5.79. The Morgan fingerprint density at radius 3 is 2.15 bits per heavy atom. The molecule has 1 heterocycles. The van der Waals surface area contributed by atoms with Crippen LogP contribution in [0.5, 0.6) is 0 Å². The van der Waals surface area contributed by atoms with Gasteiger partial charge in [-0.25, -0.2) is 4.99 Å². The predicted octanol–water partition coefficient (Wildman–Crippen LogP) is 4.36. The summed E-state index contributed by atoms with van der Waals surface area (Å²) in [6.07, 6.45) is 1.86. The Balaban J connectivity index is 3.14. The number of amidine groups is 1. The van der Waals surface area contributed by atoms with Crippen molar-refractivity contribution in [2.24, 2.45) is 4.99 Å². The Kier molecular flexibility index (Phi) is 7.84. The van der Waals surface area contributed by atoms with Crippen LogP contribution in [-0.2, 0) is 9.84 Å². The van der Waals surface area contributed by atoms with Crippen LogP contribution in [0.25, 0.3) is 0 Å². The van der Waals surface area contributed by atoms with E-state index in [0.717, 1.165) is 12.2 Å². The normalized spacial score (nSPS) is 16.0. The van der Waals surface area contributed by atoms with Crippen LogP contribution < -0.4 is 10.3 Å². The zero-order valence-electron chi connectivity index (χ0n) is 19.0. The van der Waals surface area contributed by atoms with Gasteiger partial charge in [-0.2, -0.15) is 0 Å². The van der Waals surface area contributed by atoms with Gasteiger partial charge in [-0.1, -0.05) is 32.6 Å². The SMILES string of the molecule is CC(C)(C)NC(=NCC(C)(CN[Si](C)(C)C)c1ccccn1)O[Si](C)(C)C. The predicted molar refractivity (Wildman–Crippen MR) is 123 cm³/mol. The Hall–Kier alpha value is -1.19. The molecule has 27 heavy (non-hydrogen) atoms. The Morgan fingerprint density at radius 1 is 1.07 bits per heavy atom. The molecule has 0 amide bonds. The molecule has 154 valence electrons. The third kappa shape index (κ3) is 10.1. The minimum atomic E-state index is -1.76. The highest BCUT2D eigenvalue weighted by Gasteiger charge is 2.31. The number of hydrogen-bond acceptors (Lipinski definition) is 4. The molecule has 1 atom stereocenters. The van der Waals surface area contributed by atoms with Crippen molar-refractivity contribution in [2.45, 2.75) is 77.9 Å². The summed E-state index contributed by atoms with van der Waals surface area (Å²) in [5.41, 5.74) is 0.758. The molecule has 0 saturated carbocycles. The zero-order valence-corrected chi connectivity index (χ0v) is 21.0. The molecule has 0 aliphatic heterocycles.